The number of nitrogens with one attached hydrogen (secondary N) is 1. The molecule has 1 aromatic heterocycles. The molecule has 0 amide bonds. The molecule has 1 aromatic carbocycles. The van der Waals surface area contributed by atoms with Crippen LogP contribution in [0.2, 0.25) is 0 Å². The SMILES string of the molecule is Nc1cccc(OCCS(=O)(=O)NCc2cccnn2)c1. The Hall–Kier alpha value is -2.19. The zero-order valence-corrected chi connectivity index (χ0v) is 12.1. The fourth-order valence-corrected chi connectivity index (χ4v) is 2.37. The Bertz CT molecular complexity index is 677. The van der Waals surface area contributed by atoms with Crippen LogP contribution in [0.25, 0.3) is 0 Å². The summed E-state index contributed by atoms with van der Waals surface area (Å²) >= 11 is 0. The molecule has 0 unspecified atom stereocenters. The van der Waals surface area contributed by atoms with Crippen molar-refractivity contribution in [2.24, 2.45) is 0 Å². The Morgan fingerprint density at radius 3 is 2.81 bits per heavy atom. The van der Waals surface area contributed by atoms with Gasteiger partial charge in [0, 0.05) is 18.0 Å². The standard InChI is InChI=1S/C13H16N4O3S/c14-11-3-1-5-13(9-11)20-7-8-21(18,19)16-10-12-4-2-6-15-17-12/h1-6,9,16H,7-8,10,14H2. The third-order valence-electron chi connectivity index (χ3n) is 2.58. The molecule has 3 N–H and O–H groups in total. The molecule has 0 aliphatic heterocycles. The summed E-state index contributed by atoms with van der Waals surface area (Å²) in [6.07, 6.45) is 1.53. The second-order valence-corrected chi connectivity index (χ2v) is 6.20. The van der Waals surface area contributed by atoms with Crippen LogP contribution < -0.4 is 15.2 Å². The molecule has 0 fully saturated rings. The molecule has 1 heterocycles. The molecule has 0 aliphatic carbocycles. The van der Waals surface area contributed by atoms with E-state index in [0.717, 1.165) is 0 Å². The lowest BCUT2D eigenvalue weighted by molar-refractivity contribution is 0.340. The van der Waals surface area contributed by atoms with Crippen LogP contribution in [0.3, 0.4) is 0 Å². The number of anilines is 1. The van der Waals surface area contributed by atoms with Gasteiger partial charge in [-0.05, 0) is 24.3 Å². The highest BCUT2D eigenvalue weighted by Gasteiger charge is 2.10. The molecule has 0 radical (unpaired) electrons. The lowest BCUT2D eigenvalue weighted by atomic mass is 10.3. The maximum Gasteiger partial charge on any atom is 0.215 e. The van der Waals surface area contributed by atoms with Crippen LogP contribution >= 0.6 is 0 Å². The number of nitrogens with zero attached hydrogens (tertiary/aromatic N) is 2. The number of aromatic nitrogens is 2. The Morgan fingerprint density at radius 1 is 1.24 bits per heavy atom. The monoisotopic (exact) mass is 308 g/mol. The van der Waals surface area contributed by atoms with E-state index >= 15 is 0 Å². The van der Waals surface area contributed by atoms with Crippen molar-refractivity contribution in [1.82, 2.24) is 14.9 Å². The van der Waals surface area contributed by atoms with Gasteiger partial charge in [-0.15, -0.1) is 0 Å². The molecular formula is C13H16N4O3S. The minimum atomic E-state index is -3.43. The van der Waals surface area contributed by atoms with Gasteiger partial charge in [-0.25, -0.2) is 13.1 Å². The van der Waals surface area contributed by atoms with Crippen molar-refractivity contribution in [3.8, 4) is 5.75 Å². The fraction of sp³-hybridized carbons (Fsp3) is 0.231. The first kappa shape index (κ1) is 15.2. The Balaban J connectivity index is 1.79. The molecule has 0 bridgehead atoms. The van der Waals surface area contributed by atoms with Crippen molar-refractivity contribution in [3.63, 3.8) is 0 Å². The maximum absolute atomic E-state index is 11.8. The highest BCUT2D eigenvalue weighted by molar-refractivity contribution is 7.89. The molecule has 8 heteroatoms. The van der Waals surface area contributed by atoms with Crippen molar-refractivity contribution >= 4 is 15.7 Å². The third-order valence-corrected chi connectivity index (χ3v) is 3.87. The van der Waals surface area contributed by atoms with Crippen LogP contribution in [0.4, 0.5) is 5.69 Å². The van der Waals surface area contributed by atoms with Gasteiger partial charge in [0.15, 0.2) is 0 Å². The zero-order chi connectivity index (χ0) is 15.1. The number of benzene rings is 1. The minimum Gasteiger partial charge on any atom is -0.492 e. The van der Waals surface area contributed by atoms with Crippen LogP contribution in [-0.4, -0.2) is 31.0 Å². The van der Waals surface area contributed by atoms with Crippen molar-refractivity contribution < 1.29 is 13.2 Å². The normalized spacial score (nSPS) is 11.2. The second-order valence-electron chi connectivity index (χ2n) is 4.28. The van der Waals surface area contributed by atoms with Gasteiger partial charge in [-0.1, -0.05) is 6.07 Å². The Labute approximate surface area is 123 Å². The van der Waals surface area contributed by atoms with Gasteiger partial charge in [0.1, 0.15) is 12.4 Å². The van der Waals surface area contributed by atoms with Crippen molar-refractivity contribution in [2.45, 2.75) is 6.54 Å². The van der Waals surface area contributed by atoms with Crippen LogP contribution in [-0.2, 0) is 16.6 Å². The quantitative estimate of drug-likeness (QED) is 0.724. The molecule has 0 aliphatic rings. The second kappa shape index (κ2) is 7.00. The van der Waals surface area contributed by atoms with Crippen molar-refractivity contribution in [2.75, 3.05) is 18.1 Å². The summed E-state index contributed by atoms with van der Waals surface area (Å²) in [6, 6.07) is 10.2. The fourth-order valence-electron chi connectivity index (χ4n) is 1.56. The summed E-state index contributed by atoms with van der Waals surface area (Å²) in [5.41, 5.74) is 6.72. The van der Waals surface area contributed by atoms with E-state index in [1.54, 1.807) is 36.4 Å². The average molecular weight is 308 g/mol. The number of hydrogen-bond acceptors (Lipinski definition) is 6. The number of nitrogens with two attached hydrogens (primary N) is 1. The topological polar surface area (TPSA) is 107 Å². The largest absolute Gasteiger partial charge is 0.492 e. The number of sulfonamides is 1. The van der Waals surface area contributed by atoms with E-state index in [1.807, 2.05) is 0 Å². The lowest BCUT2D eigenvalue weighted by Crippen LogP contribution is -2.29. The van der Waals surface area contributed by atoms with E-state index in [0.29, 0.717) is 17.1 Å². The van der Waals surface area contributed by atoms with Gasteiger partial charge < -0.3 is 10.5 Å². The van der Waals surface area contributed by atoms with E-state index in [9.17, 15) is 8.42 Å². The molecule has 0 saturated heterocycles. The smallest absolute Gasteiger partial charge is 0.215 e. The molecule has 0 saturated carbocycles. The number of ether oxygens (including phenoxy) is 1. The summed E-state index contributed by atoms with van der Waals surface area (Å²) in [4.78, 5) is 0. The molecular weight excluding hydrogens is 292 g/mol. The van der Waals surface area contributed by atoms with E-state index in [-0.39, 0.29) is 18.9 Å². The summed E-state index contributed by atoms with van der Waals surface area (Å²) in [6.45, 7) is 0.147. The highest BCUT2D eigenvalue weighted by atomic mass is 32.2. The molecule has 2 rings (SSSR count). The first-order chi connectivity index (χ1) is 10.1. The van der Waals surface area contributed by atoms with E-state index in [2.05, 4.69) is 14.9 Å². The van der Waals surface area contributed by atoms with Crippen molar-refractivity contribution in [3.05, 3.63) is 48.3 Å². The van der Waals surface area contributed by atoms with Gasteiger partial charge in [0.05, 0.1) is 18.0 Å². The first-order valence-electron chi connectivity index (χ1n) is 6.27. The minimum absolute atomic E-state index is 0.0409. The zero-order valence-electron chi connectivity index (χ0n) is 11.3. The van der Waals surface area contributed by atoms with Crippen LogP contribution in [0, 0.1) is 0 Å². The van der Waals surface area contributed by atoms with Gasteiger partial charge in [0.25, 0.3) is 0 Å². The van der Waals surface area contributed by atoms with Crippen LogP contribution in [0.15, 0.2) is 42.6 Å². The van der Waals surface area contributed by atoms with E-state index in [4.69, 9.17) is 10.5 Å². The number of rotatable bonds is 7. The Morgan fingerprint density at radius 2 is 2.10 bits per heavy atom. The van der Waals surface area contributed by atoms with Gasteiger partial charge in [-0.3, -0.25) is 0 Å². The third kappa shape index (κ3) is 5.36. The van der Waals surface area contributed by atoms with Crippen LogP contribution in [0.1, 0.15) is 5.69 Å². The molecule has 2 aromatic rings. The van der Waals surface area contributed by atoms with E-state index < -0.39 is 10.0 Å². The van der Waals surface area contributed by atoms with Crippen molar-refractivity contribution in [1.29, 1.82) is 0 Å². The average Bonchev–Trinajstić information content (AvgIpc) is 2.46. The number of hydrogen-bond donors (Lipinski definition) is 2. The summed E-state index contributed by atoms with van der Waals surface area (Å²) in [5.74, 6) is 0.390. The molecule has 21 heavy (non-hydrogen) atoms. The van der Waals surface area contributed by atoms with Crippen LogP contribution in [0.5, 0.6) is 5.75 Å². The molecule has 112 valence electrons. The lowest BCUT2D eigenvalue weighted by Gasteiger charge is -2.08. The Kier molecular flexibility index (Phi) is 5.07. The van der Waals surface area contributed by atoms with E-state index in [1.165, 1.54) is 6.20 Å². The first-order valence-corrected chi connectivity index (χ1v) is 7.93. The summed E-state index contributed by atoms with van der Waals surface area (Å²) in [7, 11) is -3.43. The predicted molar refractivity (Wildman–Crippen MR) is 79.0 cm³/mol. The number of nitrogen functional groups attached to an aromatic ring is 1. The molecule has 0 spiro atoms. The van der Waals surface area contributed by atoms with Gasteiger partial charge in [0.2, 0.25) is 10.0 Å². The summed E-state index contributed by atoms with van der Waals surface area (Å²) in [5, 5.41) is 7.47. The molecule has 7 nitrogen and oxygen atoms in total. The highest BCUT2D eigenvalue weighted by Crippen LogP contribution is 2.14. The van der Waals surface area contributed by atoms with Gasteiger partial charge >= 0.3 is 0 Å². The van der Waals surface area contributed by atoms with Gasteiger partial charge in [-0.2, -0.15) is 10.2 Å². The predicted octanol–water partition coefficient (Wildman–Crippen LogP) is 0.557. The maximum atomic E-state index is 11.8. The summed E-state index contributed by atoms with van der Waals surface area (Å²) < 4.78 is 31.4. The molecule has 0 atom stereocenters.